The monoisotopic (exact) mass is 573 g/mol. The summed E-state index contributed by atoms with van der Waals surface area (Å²) in [6.45, 7) is 11.1. The fourth-order valence-electron chi connectivity index (χ4n) is 6.23. The molecular weight excluding hydrogens is 530 g/mol. The first-order valence-electron chi connectivity index (χ1n) is 15.2. The number of amides is 1. The minimum absolute atomic E-state index is 0.0440. The smallest absolute Gasteiger partial charge is 0.331 e. The lowest BCUT2D eigenvalue weighted by molar-refractivity contribution is 0.0764. The average molecular weight is 574 g/mol. The molecule has 1 aliphatic rings. The molecule has 4 aromatic rings. The van der Waals surface area contributed by atoms with E-state index in [-0.39, 0.29) is 12.5 Å². The first kappa shape index (κ1) is 29.6. The van der Waals surface area contributed by atoms with Crippen LogP contribution >= 0.6 is 0 Å². The maximum atomic E-state index is 14.4. The van der Waals surface area contributed by atoms with Crippen molar-refractivity contribution in [3.8, 4) is 0 Å². The van der Waals surface area contributed by atoms with Crippen LogP contribution in [0.5, 0.6) is 0 Å². The van der Waals surface area contributed by atoms with Crippen LogP contribution in [-0.2, 0) is 20.1 Å². The molecule has 0 spiro atoms. The Labute approximate surface area is 246 Å². The van der Waals surface area contributed by atoms with Crippen LogP contribution in [0.4, 0.5) is 5.82 Å². The summed E-state index contributed by atoms with van der Waals surface area (Å²) in [5.74, 6) is 0.620. The van der Waals surface area contributed by atoms with E-state index in [9.17, 15) is 14.4 Å². The molecule has 0 saturated carbocycles. The molecule has 224 valence electrons. The highest BCUT2D eigenvalue weighted by atomic mass is 16.2. The molecule has 1 aliphatic heterocycles. The third-order valence-corrected chi connectivity index (χ3v) is 8.57. The van der Waals surface area contributed by atoms with E-state index in [0.29, 0.717) is 41.9 Å². The normalized spacial score (nSPS) is 14.5. The molecule has 3 aromatic heterocycles. The Hall–Kier alpha value is -3.92. The fourth-order valence-corrected chi connectivity index (χ4v) is 6.23. The number of pyridine rings is 1. The molecule has 1 saturated heterocycles. The number of unbranched alkanes of at least 4 members (excludes halogenated alkanes) is 1. The largest absolute Gasteiger partial charge is 0.356 e. The van der Waals surface area contributed by atoms with Gasteiger partial charge in [0.2, 0.25) is 0 Å². The van der Waals surface area contributed by atoms with Gasteiger partial charge in [0.1, 0.15) is 16.9 Å². The third-order valence-electron chi connectivity index (χ3n) is 8.57. The van der Waals surface area contributed by atoms with Gasteiger partial charge in [0.25, 0.3) is 11.5 Å². The number of rotatable bonds is 9. The molecule has 1 amide bonds. The molecule has 0 radical (unpaired) electrons. The minimum Gasteiger partial charge on any atom is -0.356 e. The molecule has 0 aliphatic carbocycles. The zero-order valence-corrected chi connectivity index (χ0v) is 25.6. The summed E-state index contributed by atoms with van der Waals surface area (Å²) in [6.07, 6.45) is 4.51. The van der Waals surface area contributed by atoms with Gasteiger partial charge in [0.15, 0.2) is 0 Å². The summed E-state index contributed by atoms with van der Waals surface area (Å²) < 4.78 is 4.74. The molecule has 5 rings (SSSR count). The van der Waals surface area contributed by atoms with Gasteiger partial charge in [-0.2, -0.15) is 0 Å². The summed E-state index contributed by atoms with van der Waals surface area (Å²) in [4.78, 5) is 53.6. The van der Waals surface area contributed by atoms with Crippen LogP contribution in [0.25, 0.3) is 21.8 Å². The number of carbonyl (C=O) groups is 1. The number of carbonyl (C=O) groups excluding carboxylic acids is 1. The van der Waals surface area contributed by atoms with Gasteiger partial charge >= 0.3 is 5.69 Å². The van der Waals surface area contributed by atoms with Gasteiger partial charge in [-0.25, -0.2) is 4.79 Å². The number of aryl methyl sites for hydroxylation is 2. The molecule has 0 atom stereocenters. The van der Waals surface area contributed by atoms with Crippen LogP contribution in [0.1, 0.15) is 56.1 Å². The van der Waals surface area contributed by atoms with Gasteiger partial charge in [0.05, 0.1) is 17.8 Å². The molecule has 10 nitrogen and oxygen atoms in total. The van der Waals surface area contributed by atoms with E-state index in [1.54, 1.807) is 13.2 Å². The molecule has 0 bridgehead atoms. The number of hydrogen-bond donors (Lipinski definition) is 0. The Morgan fingerprint density at radius 1 is 0.952 bits per heavy atom. The summed E-state index contributed by atoms with van der Waals surface area (Å²) >= 11 is 0. The lowest BCUT2D eigenvalue weighted by atomic mass is 10.1. The summed E-state index contributed by atoms with van der Waals surface area (Å²) in [5.41, 5.74) is 1.08. The van der Waals surface area contributed by atoms with Crippen LogP contribution in [-0.4, -0.2) is 80.7 Å². The van der Waals surface area contributed by atoms with Crippen molar-refractivity contribution < 1.29 is 4.79 Å². The second-order valence-electron chi connectivity index (χ2n) is 11.2. The van der Waals surface area contributed by atoms with Crippen LogP contribution in [0.2, 0.25) is 0 Å². The number of likely N-dealkylation sites (N-methyl/N-ethyl adjacent to an activating group) is 1. The highest BCUT2D eigenvalue weighted by Crippen LogP contribution is 2.33. The zero-order valence-electron chi connectivity index (χ0n) is 25.6. The zero-order chi connectivity index (χ0) is 30.0. The second-order valence-corrected chi connectivity index (χ2v) is 11.2. The van der Waals surface area contributed by atoms with Crippen molar-refractivity contribution in [1.29, 1.82) is 0 Å². The van der Waals surface area contributed by atoms with Crippen molar-refractivity contribution in [3.05, 3.63) is 68.6 Å². The van der Waals surface area contributed by atoms with E-state index in [1.807, 2.05) is 53.6 Å². The minimum atomic E-state index is -0.455. The Balaban J connectivity index is 1.78. The lowest BCUT2D eigenvalue weighted by Gasteiger charge is -2.27. The Morgan fingerprint density at radius 3 is 2.48 bits per heavy atom. The molecule has 1 fully saturated rings. The molecule has 1 aromatic carbocycles. The number of hydrogen-bond acceptors (Lipinski definition) is 6. The maximum absolute atomic E-state index is 14.4. The van der Waals surface area contributed by atoms with E-state index in [4.69, 9.17) is 0 Å². The summed E-state index contributed by atoms with van der Waals surface area (Å²) in [5, 5.41) is 1.90. The van der Waals surface area contributed by atoms with Crippen LogP contribution in [0, 0.1) is 0 Å². The van der Waals surface area contributed by atoms with Crippen molar-refractivity contribution in [1.82, 2.24) is 28.5 Å². The summed E-state index contributed by atoms with van der Waals surface area (Å²) in [6, 6.07) is 9.76. The standard InChI is InChI=1S/C32H43N7O3/c1-6-9-18-36(7-2)30(40)26-27-28(38(8-3)29(26)37-19-12-17-34(4)20-21-37)31(41)39(32(42)35(27)5)22-25-24-14-11-10-13-23(24)15-16-33-25/h10-11,13-16H,6-9,12,17-22H2,1-5H3. The predicted molar refractivity (Wildman–Crippen MR) is 169 cm³/mol. The predicted octanol–water partition coefficient (Wildman–Crippen LogP) is 3.52. The first-order chi connectivity index (χ1) is 20.3. The van der Waals surface area contributed by atoms with Crippen LogP contribution in [0.15, 0.2) is 46.1 Å². The average Bonchev–Trinajstić information content (AvgIpc) is 3.20. The van der Waals surface area contributed by atoms with Crippen LogP contribution < -0.4 is 16.1 Å². The number of nitrogens with zero attached hydrogens (tertiary/aromatic N) is 7. The fraction of sp³-hybridized carbons (Fsp3) is 0.500. The van der Waals surface area contributed by atoms with Gasteiger partial charge in [-0.3, -0.25) is 23.7 Å². The number of anilines is 1. The number of fused-ring (bicyclic) bond motifs is 2. The molecule has 4 heterocycles. The van der Waals surface area contributed by atoms with Gasteiger partial charge in [-0.1, -0.05) is 37.6 Å². The van der Waals surface area contributed by atoms with E-state index in [2.05, 4.69) is 28.8 Å². The van der Waals surface area contributed by atoms with Gasteiger partial charge in [0, 0.05) is 57.9 Å². The second kappa shape index (κ2) is 12.5. The van der Waals surface area contributed by atoms with Gasteiger partial charge in [-0.15, -0.1) is 0 Å². The molecule has 0 unspecified atom stereocenters. The number of benzene rings is 1. The number of aromatic nitrogens is 4. The Bertz CT molecular complexity index is 1710. The molecule has 10 heteroatoms. The lowest BCUT2D eigenvalue weighted by Crippen LogP contribution is -2.40. The Kier molecular flexibility index (Phi) is 8.82. The highest BCUT2D eigenvalue weighted by molar-refractivity contribution is 6.11. The van der Waals surface area contributed by atoms with E-state index >= 15 is 0 Å². The Morgan fingerprint density at radius 2 is 1.74 bits per heavy atom. The van der Waals surface area contributed by atoms with Gasteiger partial charge < -0.3 is 19.3 Å². The maximum Gasteiger partial charge on any atom is 0.331 e. The third kappa shape index (κ3) is 5.24. The van der Waals surface area contributed by atoms with Gasteiger partial charge in [-0.05, 0) is 51.7 Å². The SMILES string of the molecule is CCCCN(CC)C(=O)c1c(N2CCCN(C)CC2)n(CC)c2c(=O)n(Cc3nccc4ccccc34)c(=O)n(C)c12. The summed E-state index contributed by atoms with van der Waals surface area (Å²) in [7, 11) is 3.79. The topological polar surface area (TPSA) is 88.6 Å². The van der Waals surface area contributed by atoms with Crippen molar-refractivity contribution in [2.24, 2.45) is 7.05 Å². The van der Waals surface area contributed by atoms with Crippen molar-refractivity contribution in [3.63, 3.8) is 0 Å². The quantitative estimate of drug-likeness (QED) is 0.305. The van der Waals surface area contributed by atoms with E-state index < -0.39 is 11.2 Å². The van der Waals surface area contributed by atoms with Crippen molar-refractivity contribution in [2.75, 3.05) is 51.2 Å². The molecule has 42 heavy (non-hydrogen) atoms. The van der Waals surface area contributed by atoms with Crippen LogP contribution in [0.3, 0.4) is 0 Å². The van der Waals surface area contributed by atoms with E-state index in [0.717, 1.165) is 62.0 Å². The molecular formula is C32H43N7O3. The van der Waals surface area contributed by atoms with E-state index in [1.165, 1.54) is 9.13 Å². The molecule has 0 N–H and O–H groups in total. The van der Waals surface area contributed by atoms with Crippen molar-refractivity contribution >= 4 is 33.5 Å². The first-order valence-corrected chi connectivity index (χ1v) is 15.2. The highest BCUT2D eigenvalue weighted by Gasteiger charge is 2.33. The van der Waals surface area contributed by atoms with Crippen molar-refractivity contribution in [2.45, 2.75) is 53.1 Å².